The molecule has 44 heavy (non-hydrogen) atoms. The highest BCUT2D eigenvalue weighted by molar-refractivity contribution is 7.91. The van der Waals surface area contributed by atoms with Crippen LogP contribution in [0, 0.1) is 0 Å². The van der Waals surface area contributed by atoms with Gasteiger partial charge >= 0.3 is 6.03 Å². The minimum absolute atomic E-state index is 0.0275. The number of halogens is 1. The van der Waals surface area contributed by atoms with Gasteiger partial charge in [-0.2, -0.15) is 0 Å². The highest BCUT2D eigenvalue weighted by Crippen LogP contribution is 2.39. The van der Waals surface area contributed by atoms with E-state index in [-0.39, 0.29) is 27.6 Å². The summed E-state index contributed by atoms with van der Waals surface area (Å²) in [5.74, 6) is 0.204. The Morgan fingerprint density at radius 3 is 2.45 bits per heavy atom. The van der Waals surface area contributed by atoms with Gasteiger partial charge in [0.25, 0.3) is 26.0 Å². The molecule has 3 aromatic rings. The third-order valence-electron chi connectivity index (χ3n) is 7.83. The third-order valence-corrected chi connectivity index (χ3v) is 11.0. The van der Waals surface area contributed by atoms with Gasteiger partial charge in [0.1, 0.15) is 21.9 Å². The number of para-hydroxylation sites is 1. The first-order valence-corrected chi connectivity index (χ1v) is 17.0. The molecule has 0 atom stereocenters. The maximum atomic E-state index is 13.1. The Hall–Kier alpha value is -4.14. The highest BCUT2D eigenvalue weighted by Gasteiger charge is 2.38. The Morgan fingerprint density at radius 2 is 1.75 bits per heavy atom. The molecule has 1 aliphatic carbocycles. The molecule has 2 aliphatic rings. The van der Waals surface area contributed by atoms with Crippen molar-refractivity contribution >= 4 is 55.6 Å². The zero-order valence-electron chi connectivity index (χ0n) is 23.5. The largest absolute Gasteiger partial charge is 0.496 e. The Labute approximate surface area is 260 Å². The van der Waals surface area contributed by atoms with E-state index < -0.39 is 36.4 Å². The lowest BCUT2D eigenvalue weighted by atomic mass is 9.68. The Morgan fingerprint density at radius 1 is 1.07 bits per heavy atom. The summed E-state index contributed by atoms with van der Waals surface area (Å²) in [6.45, 7) is 0.347. The predicted octanol–water partition coefficient (Wildman–Crippen LogP) is 3.60. The van der Waals surface area contributed by atoms with Crippen LogP contribution in [0.1, 0.15) is 41.6 Å². The fourth-order valence-electron chi connectivity index (χ4n) is 5.52. The molecule has 3 aromatic carbocycles. The first kappa shape index (κ1) is 31.3. The smallest absolute Gasteiger partial charge is 0.328 e. The molecule has 1 aliphatic heterocycles. The van der Waals surface area contributed by atoms with Gasteiger partial charge in [-0.1, -0.05) is 54.1 Å². The van der Waals surface area contributed by atoms with Gasteiger partial charge in [0.05, 0.1) is 23.4 Å². The van der Waals surface area contributed by atoms with Crippen molar-refractivity contribution in [1.82, 2.24) is 20.1 Å². The van der Waals surface area contributed by atoms with Gasteiger partial charge in [-0.25, -0.2) is 31.3 Å². The van der Waals surface area contributed by atoms with Gasteiger partial charge < -0.3 is 15.4 Å². The van der Waals surface area contributed by atoms with E-state index in [9.17, 15) is 26.4 Å². The minimum atomic E-state index is -4.54. The van der Waals surface area contributed by atoms with Crippen LogP contribution in [0.2, 0.25) is 5.02 Å². The topological polar surface area (TPSA) is 172 Å². The molecular weight excluding hydrogens is 630 g/mol. The summed E-state index contributed by atoms with van der Waals surface area (Å²) >= 11 is 6.13. The van der Waals surface area contributed by atoms with Crippen LogP contribution in [-0.2, 0) is 25.5 Å². The van der Waals surface area contributed by atoms with Crippen LogP contribution in [-0.4, -0.2) is 54.8 Å². The molecule has 0 unspecified atom stereocenters. The van der Waals surface area contributed by atoms with Gasteiger partial charge in [0.15, 0.2) is 0 Å². The number of fused-ring (bicyclic) bond motifs is 1. The van der Waals surface area contributed by atoms with Crippen molar-refractivity contribution in [1.29, 1.82) is 0 Å². The second kappa shape index (κ2) is 12.5. The number of methoxy groups -OCH3 is 1. The Bertz CT molecular complexity index is 1830. The number of nitrogens with one attached hydrogen (secondary N) is 4. The van der Waals surface area contributed by atoms with E-state index in [4.69, 9.17) is 16.3 Å². The van der Waals surface area contributed by atoms with E-state index in [1.807, 2.05) is 35.1 Å². The van der Waals surface area contributed by atoms with Crippen molar-refractivity contribution in [3.63, 3.8) is 0 Å². The van der Waals surface area contributed by atoms with Gasteiger partial charge in [-0.15, -0.1) is 0 Å². The van der Waals surface area contributed by atoms with Crippen molar-refractivity contribution < 1.29 is 31.2 Å². The summed E-state index contributed by atoms with van der Waals surface area (Å²) in [7, 11) is -7.07. The number of carbonyl (C=O) groups excluding carboxylic acids is 2. The number of carbonyl (C=O) groups is 2. The highest BCUT2D eigenvalue weighted by atomic mass is 35.5. The van der Waals surface area contributed by atoms with Crippen molar-refractivity contribution in [2.24, 2.45) is 4.99 Å². The van der Waals surface area contributed by atoms with E-state index in [1.165, 1.54) is 7.11 Å². The van der Waals surface area contributed by atoms with Crippen molar-refractivity contribution in [3.8, 4) is 5.75 Å². The quantitative estimate of drug-likeness (QED) is 0.286. The predicted molar refractivity (Wildman–Crippen MR) is 164 cm³/mol. The summed E-state index contributed by atoms with van der Waals surface area (Å²) in [5.41, 5.74) is 1.02. The number of aliphatic imine (C=N–C) groups is 1. The lowest BCUT2D eigenvalue weighted by Gasteiger charge is -2.41. The molecule has 4 N–H and O–H groups in total. The van der Waals surface area contributed by atoms with E-state index in [2.05, 4.69) is 20.3 Å². The number of ether oxygens (including phenoxy) is 1. The summed E-state index contributed by atoms with van der Waals surface area (Å²) in [6.07, 6.45) is 3.17. The Balaban J connectivity index is 1.26. The summed E-state index contributed by atoms with van der Waals surface area (Å²) in [6, 6.07) is 17.4. The molecule has 0 bridgehead atoms. The number of amides is 3. The minimum Gasteiger partial charge on any atom is -0.496 e. The molecular formula is C29H30ClN5O7S2. The van der Waals surface area contributed by atoms with Gasteiger partial charge in [0, 0.05) is 18.0 Å². The number of sulfonamides is 2. The Kier molecular flexibility index (Phi) is 8.86. The third kappa shape index (κ3) is 6.51. The maximum Gasteiger partial charge on any atom is 0.328 e. The van der Waals surface area contributed by atoms with Gasteiger partial charge in [0.2, 0.25) is 0 Å². The number of hydrogen-bond donors (Lipinski definition) is 4. The van der Waals surface area contributed by atoms with Crippen LogP contribution < -0.4 is 24.8 Å². The summed E-state index contributed by atoms with van der Waals surface area (Å²) in [4.78, 5) is 28.8. The fraction of sp³-hybridized carbons (Fsp3) is 0.276. The number of rotatable bonds is 8. The van der Waals surface area contributed by atoms with E-state index >= 15 is 0 Å². The average molecular weight is 660 g/mol. The molecule has 12 nitrogen and oxygen atoms in total. The monoisotopic (exact) mass is 659 g/mol. The van der Waals surface area contributed by atoms with E-state index in [0.29, 0.717) is 43.5 Å². The zero-order valence-corrected chi connectivity index (χ0v) is 25.9. The van der Waals surface area contributed by atoms with Crippen LogP contribution in [0.5, 0.6) is 5.75 Å². The van der Waals surface area contributed by atoms with Crippen LogP contribution in [0.25, 0.3) is 0 Å². The van der Waals surface area contributed by atoms with Crippen molar-refractivity contribution in [2.45, 2.75) is 46.9 Å². The molecule has 232 valence electrons. The van der Waals surface area contributed by atoms with Crippen molar-refractivity contribution in [2.75, 3.05) is 13.7 Å². The van der Waals surface area contributed by atoms with E-state index in [0.717, 1.165) is 24.0 Å². The van der Waals surface area contributed by atoms with Crippen LogP contribution in [0.4, 0.5) is 10.5 Å². The lowest BCUT2D eigenvalue weighted by Crippen LogP contribution is -2.50. The molecule has 1 saturated carbocycles. The zero-order chi connectivity index (χ0) is 31.5. The number of benzene rings is 3. The lowest BCUT2D eigenvalue weighted by molar-refractivity contribution is 0.0932. The first-order valence-electron chi connectivity index (χ1n) is 13.6. The number of urea groups is 1. The van der Waals surface area contributed by atoms with Crippen LogP contribution in [0.3, 0.4) is 0 Å². The molecule has 15 heteroatoms. The van der Waals surface area contributed by atoms with Gasteiger partial charge in [-0.05, 0) is 55.5 Å². The average Bonchev–Trinajstić information content (AvgIpc) is 3.00. The number of nitrogens with zero attached hydrogens (tertiary/aromatic N) is 1. The standard InChI is InChI=1S/C29H30ClN5O7S2/c1-42-24-10-6-5-9-21(24)27(36)31-17-29(19-7-3-2-4-8-19)13-11-20(12-14-29)34-28(37)35-44(40,41)25-16-26-23(15-22(25)30)32-18-33-43(26,38)39/h2-10,15-16,18,20H,11-14,17H2,1H3,(H,31,36)(H,32,33)(H2,34,35,37)/t20-,29-. The molecule has 1 heterocycles. The first-order chi connectivity index (χ1) is 20.9. The van der Waals surface area contributed by atoms with Crippen molar-refractivity contribution in [3.05, 3.63) is 82.9 Å². The fourth-order valence-corrected chi connectivity index (χ4v) is 8.04. The van der Waals surface area contributed by atoms with Gasteiger partial charge in [-0.3, -0.25) is 9.52 Å². The maximum absolute atomic E-state index is 13.1. The molecule has 3 amide bonds. The second-order valence-electron chi connectivity index (χ2n) is 10.5. The SMILES string of the molecule is COc1ccccc1C(=O)NC[C@]1(c2ccccc2)CC[C@H](NC(=O)NS(=O)(=O)c2cc3c(cc2Cl)N=CNS3(=O)=O)CC1. The number of hydrogen-bond acceptors (Lipinski definition) is 8. The summed E-state index contributed by atoms with van der Waals surface area (Å²) < 4.78 is 60.1. The second-order valence-corrected chi connectivity index (χ2v) is 14.3. The molecule has 0 radical (unpaired) electrons. The van der Waals surface area contributed by atoms with Crippen LogP contribution in [0.15, 0.2) is 81.5 Å². The van der Waals surface area contributed by atoms with E-state index in [1.54, 1.807) is 24.3 Å². The molecule has 5 rings (SSSR count). The molecule has 0 saturated heterocycles. The molecule has 0 aromatic heterocycles. The molecule has 0 spiro atoms. The summed E-state index contributed by atoms with van der Waals surface area (Å²) in [5, 5.41) is 5.47. The van der Waals surface area contributed by atoms with Crippen LogP contribution >= 0.6 is 11.6 Å². The normalized spacial score (nSPS) is 20.5. The molecule has 1 fully saturated rings.